The lowest BCUT2D eigenvalue weighted by molar-refractivity contribution is -0.181. The summed E-state index contributed by atoms with van der Waals surface area (Å²) in [5.74, 6) is 2.20. The molecule has 3 saturated heterocycles. The molecule has 0 spiro atoms. The van der Waals surface area contributed by atoms with Gasteiger partial charge in [-0.3, -0.25) is 24.0 Å². The van der Waals surface area contributed by atoms with Crippen molar-refractivity contribution in [3.8, 4) is 0 Å². The first-order valence-electron chi connectivity index (χ1n) is 24.0. The Morgan fingerprint density at radius 1 is 0.730 bits per heavy atom. The first kappa shape index (κ1) is 58.5. The van der Waals surface area contributed by atoms with Crippen molar-refractivity contribution in [3.05, 3.63) is 0 Å². The second-order valence-electron chi connectivity index (χ2n) is 20.7. The van der Waals surface area contributed by atoms with Gasteiger partial charge in [0.05, 0.1) is 41.3 Å². The lowest BCUT2D eigenvalue weighted by Gasteiger charge is -2.45. The molecule has 10 heteroatoms. The van der Waals surface area contributed by atoms with Crippen molar-refractivity contribution in [1.82, 2.24) is 0 Å². The van der Waals surface area contributed by atoms with Gasteiger partial charge in [0, 0.05) is 18.8 Å². The Morgan fingerprint density at radius 2 is 1.35 bits per heavy atom. The zero-order chi connectivity index (χ0) is 43.3. The number of hydrogen-bond acceptors (Lipinski definition) is 10. The molecule has 3 aliphatic heterocycles. The summed E-state index contributed by atoms with van der Waals surface area (Å²) in [4.78, 5) is 57.7. The molecule has 0 aromatic carbocycles. The minimum atomic E-state index is -0.427. The number of hydrogen-bond donors (Lipinski definition) is 0. The highest BCUT2D eigenvalue weighted by Crippen LogP contribution is 2.64. The second-order valence-corrected chi connectivity index (χ2v) is 20.7. The Kier molecular flexibility index (Phi) is 23.1. The molecular weight excluding hydrogens is 797 g/mol. The molecule has 13 atom stereocenters. The minimum Gasteiger partial charge on any atom is -0.462 e. The molecule has 9 fully saturated rings. The van der Waals surface area contributed by atoms with Gasteiger partial charge in [-0.15, -0.1) is 0 Å². The molecule has 13 unspecified atom stereocenters. The first-order valence-corrected chi connectivity index (χ1v) is 24.0. The van der Waals surface area contributed by atoms with Crippen LogP contribution in [-0.2, 0) is 47.7 Å². The lowest BCUT2D eigenvalue weighted by Crippen LogP contribution is -2.48. The molecule has 6 bridgehead atoms. The van der Waals surface area contributed by atoms with Gasteiger partial charge in [0.15, 0.2) is 0 Å². The van der Waals surface area contributed by atoms with Crippen LogP contribution < -0.4 is 0 Å². The Labute approximate surface area is 385 Å². The Morgan fingerprint density at radius 3 is 1.89 bits per heavy atom. The van der Waals surface area contributed by atoms with E-state index in [1.165, 1.54) is 57.8 Å². The fourth-order valence-corrected chi connectivity index (χ4v) is 11.6. The summed E-state index contributed by atoms with van der Waals surface area (Å²) in [5.41, 5.74) is -0.887. The zero-order valence-corrected chi connectivity index (χ0v) is 38.4. The maximum absolute atomic E-state index is 12.6. The molecule has 63 heavy (non-hydrogen) atoms. The van der Waals surface area contributed by atoms with Gasteiger partial charge in [-0.1, -0.05) is 104 Å². The molecule has 0 aromatic heterocycles. The molecule has 0 aromatic rings. The van der Waals surface area contributed by atoms with Crippen molar-refractivity contribution in [2.24, 2.45) is 58.7 Å². The standard InChI is InChI=1S/C18H30O2.C15H22O4.C10H20O.C6H8O3.4CH4/c1-5-17(3,4)16(19)20-18(6-2)11-12-10-15(18)14-9-7-8-13(12)14;1-3-9(2)13(16)19-15-6-10-4-11(7-15)14(17)18-12(5-10)8-15;1-3-9(2)11-10-7-5-4-6-8-10;1-3-4(2)6(8)9-5(3)7;;;;/h12-15H,5-11H2,1-4H3;9-12H,3-8H2,1-2H3;9-10H,3-8H2,1-2H3;3-4H,1-2H3;4*1H4. The Balaban J connectivity index is 0.000000431. The largest absolute Gasteiger partial charge is 0.462 e. The molecule has 10 nitrogen and oxygen atoms in total. The molecule has 9 aliphatic rings. The monoisotopic (exact) mass is 893 g/mol. The highest BCUT2D eigenvalue weighted by Gasteiger charge is 2.62. The van der Waals surface area contributed by atoms with Crippen molar-refractivity contribution >= 4 is 29.8 Å². The van der Waals surface area contributed by atoms with Crippen LogP contribution in [0.2, 0.25) is 0 Å². The fraction of sp³-hybridized carbons (Fsp3) is 0.906. The van der Waals surface area contributed by atoms with E-state index in [0.717, 1.165) is 69.1 Å². The number of carbonyl (C=O) groups is 5. The van der Waals surface area contributed by atoms with Crippen LogP contribution in [0.4, 0.5) is 0 Å². The third-order valence-electron chi connectivity index (χ3n) is 16.2. The number of carbonyl (C=O) groups excluding carboxylic acids is 5. The third kappa shape index (κ3) is 13.8. The summed E-state index contributed by atoms with van der Waals surface area (Å²) in [6.07, 6.45) is 22.4. The number of rotatable bonds is 10. The van der Waals surface area contributed by atoms with Gasteiger partial charge in [-0.05, 0) is 128 Å². The molecule has 0 amide bonds. The van der Waals surface area contributed by atoms with Crippen LogP contribution in [-0.4, -0.2) is 59.4 Å². The van der Waals surface area contributed by atoms with Crippen molar-refractivity contribution in [2.75, 3.05) is 0 Å². The van der Waals surface area contributed by atoms with Gasteiger partial charge in [-0.2, -0.15) is 0 Å². The topological polar surface area (TPSA) is 132 Å². The number of esters is 5. The third-order valence-corrected chi connectivity index (χ3v) is 16.2. The van der Waals surface area contributed by atoms with E-state index in [9.17, 15) is 24.0 Å². The van der Waals surface area contributed by atoms with E-state index in [1.807, 2.05) is 27.7 Å². The molecule has 0 radical (unpaired) electrons. The van der Waals surface area contributed by atoms with Crippen LogP contribution in [0.25, 0.3) is 0 Å². The van der Waals surface area contributed by atoms with Crippen LogP contribution in [0.3, 0.4) is 0 Å². The molecule has 368 valence electrons. The van der Waals surface area contributed by atoms with Crippen LogP contribution in [0.15, 0.2) is 0 Å². The first-order chi connectivity index (χ1) is 27.9. The average Bonchev–Trinajstić information content (AvgIpc) is 3.95. The molecule has 3 heterocycles. The van der Waals surface area contributed by atoms with Gasteiger partial charge < -0.3 is 23.7 Å². The van der Waals surface area contributed by atoms with E-state index in [2.05, 4.69) is 32.4 Å². The molecular formula is C53H96O10. The predicted molar refractivity (Wildman–Crippen MR) is 253 cm³/mol. The summed E-state index contributed by atoms with van der Waals surface area (Å²) in [6, 6.07) is 0. The summed E-state index contributed by atoms with van der Waals surface area (Å²) in [6.45, 7) is 20.0. The minimum absolute atomic E-state index is 0. The van der Waals surface area contributed by atoms with Crippen molar-refractivity contribution in [1.29, 1.82) is 0 Å². The van der Waals surface area contributed by atoms with Crippen LogP contribution in [0.1, 0.15) is 221 Å². The van der Waals surface area contributed by atoms with Gasteiger partial charge in [0.1, 0.15) is 17.3 Å². The number of cyclic esters (lactones) is 2. The molecule has 6 aliphatic carbocycles. The summed E-state index contributed by atoms with van der Waals surface area (Å²) >= 11 is 0. The maximum Gasteiger partial charge on any atom is 0.317 e. The smallest absolute Gasteiger partial charge is 0.317 e. The normalized spacial score (nSPS) is 35.2. The number of ether oxygens (including phenoxy) is 5. The highest BCUT2D eigenvalue weighted by atomic mass is 16.6. The predicted octanol–water partition coefficient (Wildman–Crippen LogP) is 13.0. The Bertz CT molecular complexity index is 1450. The summed E-state index contributed by atoms with van der Waals surface area (Å²) in [5, 5.41) is 0. The summed E-state index contributed by atoms with van der Waals surface area (Å²) in [7, 11) is 0. The van der Waals surface area contributed by atoms with E-state index in [1.54, 1.807) is 13.8 Å². The van der Waals surface area contributed by atoms with Gasteiger partial charge in [0.2, 0.25) is 0 Å². The maximum atomic E-state index is 12.6. The van der Waals surface area contributed by atoms with Crippen LogP contribution >= 0.6 is 0 Å². The summed E-state index contributed by atoms with van der Waals surface area (Å²) < 4.78 is 27.7. The SMILES string of the molecule is C.C.C.C.CC1C(=O)OC(=O)C1C.CCC(C)(C)C(=O)OC1(CC)CC2CC1C1CCCC21.CCC(C)C(=O)OC12CC3CC(C1)OC(=O)C(C3)C2.CCC(C)OC1CCCCC1. The fourth-order valence-electron chi connectivity index (χ4n) is 11.6. The van der Waals surface area contributed by atoms with Crippen molar-refractivity contribution < 1.29 is 47.7 Å². The zero-order valence-electron chi connectivity index (χ0n) is 38.4. The van der Waals surface area contributed by atoms with E-state index in [4.69, 9.17) is 18.9 Å². The van der Waals surface area contributed by atoms with E-state index in [-0.39, 0.29) is 88.4 Å². The van der Waals surface area contributed by atoms with Gasteiger partial charge in [0.25, 0.3) is 0 Å². The van der Waals surface area contributed by atoms with E-state index >= 15 is 0 Å². The van der Waals surface area contributed by atoms with E-state index < -0.39 is 17.5 Å². The van der Waals surface area contributed by atoms with Crippen molar-refractivity contribution in [3.63, 3.8) is 0 Å². The van der Waals surface area contributed by atoms with Gasteiger partial charge >= 0.3 is 29.8 Å². The number of fused-ring (bicyclic) bond motifs is 6. The quantitative estimate of drug-likeness (QED) is 0.119. The van der Waals surface area contributed by atoms with Crippen LogP contribution in [0.5, 0.6) is 0 Å². The second kappa shape index (κ2) is 24.9. The van der Waals surface area contributed by atoms with Gasteiger partial charge in [-0.25, -0.2) is 0 Å². The average molecular weight is 893 g/mol. The lowest BCUT2D eigenvalue weighted by atomic mass is 9.65. The van der Waals surface area contributed by atoms with E-state index in [0.29, 0.717) is 36.9 Å². The molecule has 9 rings (SSSR count). The van der Waals surface area contributed by atoms with Crippen molar-refractivity contribution in [2.45, 2.75) is 250 Å². The molecule has 6 saturated carbocycles. The Hall–Kier alpha value is -2.49. The highest BCUT2D eigenvalue weighted by molar-refractivity contribution is 5.95. The molecule has 0 N–H and O–H groups in total. The van der Waals surface area contributed by atoms with Crippen LogP contribution in [0, 0.1) is 58.7 Å².